The van der Waals surface area contributed by atoms with Gasteiger partial charge in [-0.2, -0.15) is 0 Å². The van der Waals surface area contributed by atoms with Gasteiger partial charge in [0.25, 0.3) is 0 Å². The fourth-order valence-electron chi connectivity index (χ4n) is 0.645. The van der Waals surface area contributed by atoms with Gasteiger partial charge in [-0.1, -0.05) is 29.8 Å². The van der Waals surface area contributed by atoms with Crippen LogP contribution in [0.1, 0.15) is 15.9 Å². The standard InChI is InChI=1S/C8H8O.9CO.2Mn/c1-7-2-4-8(6-9)5-3-7;9*1-2;;/h2-6H,1H3;;;;;;;;;;;. The third-order valence-corrected chi connectivity index (χ3v) is 1.21. The van der Waals surface area contributed by atoms with Crippen LogP contribution in [0.25, 0.3) is 0 Å². The molecule has 0 heterocycles. The summed E-state index contributed by atoms with van der Waals surface area (Å²) in [5.74, 6) is 0. The minimum absolute atomic E-state index is 0. The molecular formula is C17H8Mn2O10. The van der Waals surface area contributed by atoms with Gasteiger partial charge in [-0.05, 0) is 6.92 Å². The molecule has 0 atom stereocenters. The molecule has 0 N–H and O–H groups in total. The first kappa shape index (κ1) is 71.6. The topological polar surface area (TPSA) is 196 Å². The Balaban J connectivity index is -0.0000000157. The third kappa shape index (κ3) is 155. The Labute approximate surface area is 189 Å². The van der Waals surface area contributed by atoms with E-state index in [2.05, 4.69) is 59.9 Å². The second-order valence-corrected chi connectivity index (χ2v) is 2.03. The number of aldehydes is 1. The molecule has 1 aromatic carbocycles. The van der Waals surface area contributed by atoms with Crippen molar-refractivity contribution in [2.45, 2.75) is 6.92 Å². The van der Waals surface area contributed by atoms with Crippen molar-refractivity contribution in [2.24, 2.45) is 0 Å². The molecule has 0 aromatic heterocycles. The van der Waals surface area contributed by atoms with Gasteiger partial charge >= 0.3 is 102 Å². The van der Waals surface area contributed by atoms with Crippen LogP contribution in [-0.2, 0) is 76.0 Å². The number of rotatable bonds is 1. The molecule has 10 nitrogen and oxygen atoms in total. The van der Waals surface area contributed by atoms with Crippen LogP contribution in [0.2, 0.25) is 0 Å². The van der Waals surface area contributed by atoms with Crippen molar-refractivity contribution >= 4 is 6.29 Å². The smallest absolute Gasteiger partial charge is 0 e. The van der Waals surface area contributed by atoms with Crippen LogP contribution in [0.5, 0.6) is 0 Å². The second-order valence-electron chi connectivity index (χ2n) is 2.03. The fraction of sp³-hybridized carbons (Fsp3) is 0.0588. The number of aryl methyl sites for hydroxylation is 1. The summed E-state index contributed by atoms with van der Waals surface area (Å²) in [5, 5.41) is 0. The average molecular weight is 482 g/mol. The van der Waals surface area contributed by atoms with Crippen molar-refractivity contribution in [1.29, 1.82) is 0 Å². The average Bonchev–Trinajstić information content (AvgIpc) is 2.86. The molecule has 0 fully saturated rings. The Hall–Kier alpha value is -2.41. The maximum absolute atomic E-state index is 10.1. The Morgan fingerprint density at radius 2 is 0.690 bits per heavy atom. The molecule has 0 bridgehead atoms. The number of carbonyl (C=O) groups is 1. The molecule has 29 heavy (non-hydrogen) atoms. The van der Waals surface area contributed by atoms with Crippen LogP contribution < -0.4 is 0 Å². The maximum atomic E-state index is 10.1. The van der Waals surface area contributed by atoms with Crippen LogP contribution >= 0.6 is 0 Å². The van der Waals surface area contributed by atoms with E-state index in [1.54, 1.807) is 0 Å². The van der Waals surface area contributed by atoms with E-state index >= 15 is 0 Å². The van der Waals surface area contributed by atoms with Crippen molar-refractivity contribution < 1.29 is 80.8 Å². The Morgan fingerprint density at radius 1 is 0.517 bits per heavy atom. The van der Waals surface area contributed by atoms with Gasteiger partial charge in [0.05, 0.1) is 0 Å². The first-order chi connectivity index (χ1) is 13.3. The normalized spacial score (nSPS) is 3.41. The Kier molecular flexibility index (Phi) is 518. The van der Waals surface area contributed by atoms with Crippen molar-refractivity contribution in [3.63, 3.8) is 0 Å². The summed E-state index contributed by atoms with van der Waals surface area (Å²) in [6.45, 7) is 42.5. The third-order valence-electron chi connectivity index (χ3n) is 1.21. The van der Waals surface area contributed by atoms with Gasteiger partial charge in [-0.25, -0.2) is 0 Å². The SMILES string of the molecule is Cc1ccc(C=O)cc1.[C-]#[O+].[C-]#[O+].[C-]#[O+].[C-]#[O+].[C-]#[O+].[C-]#[O+].[C-]#[O+].[C-]#[O+].[C-]#[O+].[Mn].[Mn]. The monoisotopic (exact) mass is 482 g/mol. The predicted molar refractivity (Wildman–Crippen MR) is 71.9 cm³/mol. The van der Waals surface area contributed by atoms with E-state index in [1.165, 1.54) is 5.56 Å². The van der Waals surface area contributed by atoms with Gasteiger partial charge < -0.3 is 0 Å². The molecule has 0 amide bonds. The summed E-state index contributed by atoms with van der Waals surface area (Å²) in [7, 11) is 0. The molecular weight excluding hydrogens is 474 g/mol. The fourth-order valence-corrected chi connectivity index (χ4v) is 0.645. The Morgan fingerprint density at radius 3 is 0.828 bits per heavy atom. The molecule has 0 spiro atoms. The quantitative estimate of drug-likeness (QED) is 0.249. The zero-order valence-electron chi connectivity index (χ0n) is 14.2. The molecule has 2 radical (unpaired) electrons. The first-order valence-electron chi connectivity index (χ1n) is 4.68. The van der Waals surface area contributed by atoms with Gasteiger partial charge in [0.15, 0.2) is 0 Å². The summed E-state index contributed by atoms with van der Waals surface area (Å²) in [4.78, 5) is 10.1. The molecule has 0 aliphatic carbocycles. The van der Waals surface area contributed by atoms with Crippen LogP contribution in [0.3, 0.4) is 0 Å². The van der Waals surface area contributed by atoms with E-state index in [-0.39, 0.29) is 34.1 Å². The summed E-state index contributed by atoms with van der Waals surface area (Å²) in [6, 6.07) is 7.46. The molecule has 0 saturated heterocycles. The van der Waals surface area contributed by atoms with Gasteiger partial charge in [0, 0.05) is 39.7 Å². The van der Waals surface area contributed by atoms with E-state index in [0.717, 1.165) is 11.8 Å². The van der Waals surface area contributed by atoms with E-state index in [4.69, 9.17) is 41.9 Å². The summed E-state index contributed by atoms with van der Waals surface area (Å²) in [6.07, 6.45) is 0.847. The molecule has 0 aliphatic heterocycles. The van der Waals surface area contributed by atoms with Gasteiger partial charge in [0.1, 0.15) is 6.29 Å². The molecule has 0 aliphatic rings. The minimum atomic E-state index is 0. The van der Waals surface area contributed by atoms with E-state index in [0.29, 0.717) is 0 Å². The Bertz CT molecular complexity index is 462. The molecule has 1 rings (SSSR count). The van der Waals surface area contributed by atoms with Gasteiger partial charge in [-0.3, -0.25) is 4.79 Å². The number of hydrogen-bond donors (Lipinski definition) is 0. The minimum Gasteiger partial charge on any atom is 0 e. The van der Waals surface area contributed by atoms with Crippen molar-refractivity contribution in [3.05, 3.63) is 95.2 Å². The molecule has 1 aromatic rings. The predicted octanol–water partition coefficient (Wildman–Crippen LogP) is 1.46. The van der Waals surface area contributed by atoms with Crippen LogP contribution in [-0.4, -0.2) is 6.29 Å². The largest absolute Gasteiger partial charge is 0 e. The molecule has 12 heteroatoms. The zero-order valence-corrected chi connectivity index (χ0v) is 16.6. The summed E-state index contributed by atoms with van der Waals surface area (Å²) < 4.78 is 67.5. The van der Waals surface area contributed by atoms with E-state index in [1.807, 2.05) is 31.2 Å². The van der Waals surface area contributed by atoms with Crippen LogP contribution in [0.15, 0.2) is 24.3 Å². The van der Waals surface area contributed by atoms with Crippen molar-refractivity contribution in [1.82, 2.24) is 0 Å². The first-order valence-corrected chi connectivity index (χ1v) is 4.68. The summed E-state index contributed by atoms with van der Waals surface area (Å²) in [5.41, 5.74) is 1.92. The summed E-state index contributed by atoms with van der Waals surface area (Å²) >= 11 is 0. The molecule has 150 valence electrons. The van der Waals surface area contributed by atoms with Crippen LogP contribution in [0.4, 0.5) is 0 Å². The van der Waals surface area contributed by atoms with Crippen molar-refractivity contribution in [3.8, 4) is 0 Å². The number of carbonyl (C=O) groups excluding carboxylic acids is 1. The number of hydrogen-bond acceptors (Lipinski definition) is 1. The van der Waals surface area contributed by atoms with E-state index in [9.17, 15) is 4.79 Å². The van der Waals surface area contributed by atoms with Crippen LogP contribution in [0, 0.1) is 66.8 Å². The van der Waals surface area contributed by atoms with Crippen molar-refractivity contribution in [2.75, 3.05) is 0 Å². The molecule has 0 saturated carbocycles. The van der Waals surface area contributed by atoms with E-state index < -0.39 is 0 Å². The van der Waals surface area contributed by atoms with Gasteiger partial charge in [0.2, 0.25) is 0 Å². The molecule has 0 unspecified atom stereocenters. The maximum Gasteiger partial charge on any atom is 0 e. The van der Waals surface area contributed by atoms with Gasteiger partial charge in [-0.15, -0.1) is 0 Å². The number of benzene rings is 1. The zero-order chi connectivity index (χ0) is 24.7. The second kappa shape index (κ2) is 210.